The molecule has 4 nitrogen and oxygen atoms in total. The Labute approximate surface area is 125 Å². The predicted molar refractivity (Wildman–Crippen MR) is 84.6 cm³/mol. The largest absolute Gasteiger partial charge is 0.398 e. The molecule has 2 fully saturated rings. The van der Waals surface area contributed by atoms with Gasteiger partial charge in [0.05, 0.1) is 5.60 Å². The van der Waals surface area contributed by atoms with E-state index in [-0.39, 0.29) is 5.78 Å². The fraction of sp³-hybridized carbons (Fsp3) is 0.588. The Kier molecular flexibility index (Phi) is 3.66. The Morgan fingerprint density at radius 1 is 1.38 bits per heavy atom. The molecule has 2 atom stereocenters. The van der Waals surface area contributed by atoms with Gasteiger partial charge in [-0.25, -0.2) is 0 Å². The van der Waals surface area contributed by atoms with Crippen molar-refractivity contribution in [3.8, 4) is 0 Å². The average molecular weight is 288 g/mol. The number of fused-ring (bicyclic) bond motifs is 1. The van der Waals surface area contributed by atoms with Crippen molar-refractivity contribution in [3.63, 3.8) is 0 Å². The van der Waals surface area contributed by atoms with Gasteiger partial charge in [0.25, 0.3) is 0 Å². The second-order valence-corrected chi connectivity index (χ2v) is 6.57. The number of aliphatic hydroxyl groups is 1. The molecule has 0 amide bonds. The molecule has 3 rings (SSSR count). The zero-order valence-corrected chi connectivity index (χ0v) is 12.6. The molecule has 1 saturated heterocycles. The number of nitrogens with zero attached hydrogens (tertiary/aromatic N) is 1. The topological polar surface area (TPSA) is 66.6 Å². The van der Waals surface area contributed by atoms with Crippen LogP contribution in [0.4, 0.5) is 11.4 Å². The SMILES string of the molecule is CC(=O)c1cc(N2CCC3(O)CCCCC3C2)ccc1N. The molecule has 4 heteroatoms. The Balaban J connectivity index is 1.82. The molecule has 0 radical (unpaired) electrons. The number of carbonyl (C=O) groups excluding carboxylic acids is 1. The number of benzene rings is 1. The summed E-state index contributed by atoms with van der Waals surface area (Å²) >= 11 is 0. The second kappa shape index (κ2) is 5.34. The normalized spacial score (nSPS) is 29.0. The fourth-order valence-corrected chi connectivity index (χ4v) is 3.85. The van der Waals surface area contributed by atoms with E-state index >= 15 is 0 Å². The van der Waals surface area contributed by atoms with Crippen LogP contribution in [0.1, 0.15) is 49.4 Å². The number of piperidine rings is 1. The first-order valence-electron chi connectivity index (χ1n) is 7.87. The highest BCUT2D eigenvalue weighted by Gasteiger charge is 2.42. The van der Waals surface area contributed by atoms with Gasteiger partial charge in [0.1, 0.15) is 0 Å². The molecule has 1 saturated carbocycles. The molecule has 114 valence electrons. The van der Waals surface area contributed by atoms with E-state index in [1.165, 1.54) is 6.42 Å². The number of rotatable bonds is 2. The predicted octanol–water partition coefficient (Wildman–Crippen LogP) is 2.60. The standard InChI is InChI=1S/C17H24N2O2/c1-12(20)15-10-14(5-6-16(15)18)19-9-8-17(21)7-3-2-4-13(17)11-19/h5-6,10,13,21H,2-4,7-9,11,18H2,1H3. The lowest BCUT2D eigenvalue weighted by Gasteiger charge is -2.48. The molecule has 1 aliphatic heterocycles. The van der Waals surface area contributed by atoms with Crippen LogP contribution in [0.25, 0.3) is 0 Å². The van der Waals surface area contributed by atoms with Crippen molar-refractivity contribution < 1.29 is 9.90 Å². The van der Waals surface area contributed by atoms with Crippen LogP contribution in [-0.4, -0.2) is 29.6 Å². The van der Waals surface area contributed by atoms with Gasteiger partial charge in [0.15, 0.2) is 5.78 Å². The van der Waals surface area contributed by atoms with Gasteiger partial charge in [0.2, 0.25) is 0 Å². The summed E-state index contributed by atoms with van der Waals surface area (Å²) in [6.45, 7) is 3.26. The van der Waals surface area contributed by atoms with Gasteiger partial charge >= 0.3 is 0 Å². The van der Waals surface area contributed by atoms with E-state index in [1.807, 2.05) is 18.2 Å². The lowest BCUT2D eigenvalue weighted by Crippen LogP contribution is -2.53. The maximum atomic E-state index is 11.6. The van der Waals surface area contributed by atoms with E-state index in [9.17, 15) is 9.90 Å². The number of nitrogens with two attached hydrogens (primary N) is 1. The summed E-state index contributed by atoms with van der Waals surface area (Å²) in [5.74, 6) is 0.346. The maximum absolute atomic E-state index is 11.6. The number of nitrogen functional groups attached to an aromatic ring is 1. The first kappa shape index (κ1) is 14.4. The van der Waals surface area contributed by atoms with Crippen LogP contribution in [0.15, 0.2) is 18.2 Å². The first-order valence-corrected chi connectivity index (χ1v) is 7.87. The van der Waals surface area contributed by atoms with E-state index in [4.69, 9.17) is 5.73 Å². The average Bonchev–Trinajstić information content (AvgIpc) is 2.46. The Morgan fingerprint density at radius 2 is 2.19 bits per heavy atom. The third-order valence-corrected chi connectivity index (χ3v) is 5.21. The zero-order chi connectivity index (χ0) is 15.0. The molecule has 2 unspecified atom stereocenters. The molecule has 0 aromatic heterocycles. The van der Waals surface area contributed by atoms with Crippen molar-refractivity contribution in [2.24, 2.45) is 5.92 Å². The van der Waals surface area contributed by atoms with Crippen molar-refractivity contribution in [2.75, 3.05) is 23.7 Å². The molecule has 21 heavy (non-hydrogen) atoms. The molecule has 1 aliphatic carbocycles. The number of hydrogen-bond acceptors (Lipinski definition) is 4. The summed E-state index contributed by atoms with van der Waals surface area (Å²) in [6.07, 6.45) is 5.20. The Hall–Kier alpha value is -1.55. The molecular weight excluding hydrogens is 264 g/mol. The maximum Gasteiger partial charge on any atom is 0.161 e. The number of hydrogen-bond donors (Lipinski definition) is 2. The molecule has 3 N–H and O–H groups in total. The smallest absolute Gasteiger partial charge is 0.161 e. The van der Waals surface area contributed by atoms with Gasteiger partial charge in [-0.05, 0) is 44.4 Å². The molecule has 2 aliphatic rings. The van der Waals surface area contributed by atoms with E-state index in [0.29, 0.717) is 17.2 Å². The second-order valence-electron chi connectivity index (χ2n) is 6.57. The summed E-state index contributed by atoms with van der Waals surface area (Å²) in [6, 6.07) is 5.69. The monoisotopic (exact) mass is 288 g/mol. The number of Topliss-reactive ketones (excluding diaryl/α,β-unsaturated/α-hetero) is 1. The molecule has 1 aromatic rings. The third kappa shape index (κ3) is 2.64. The Morgan fingerprint density at radius 3 is 2.95 bits per heavy atom. The number of carbonyl (C=O) groups is 1. The van der Waals surface area contributed by atoms with E-state index in [1.54, 1.807) is 6.92 Å². The van der Waals surface area contributed by atoms with E-state index < -0.39 is 5.60 Å². The number of ketones is 1. The van der Waals surface area contributed by atoms with Gasteiger partial charge in [-0.15, -0.1) is 0 Å². The summed E-state index contributed by atoms with van der Waals surface area (Å²) in [7, 11) is 0. The van der Waals surface area contributed by atoms with Crippen LogP contribution < -0.4 is 10.6 Å². The molecule has 1 heterocycles. The van der Waals surface area contributed by atoms with Crippen molar-refractivity contribution in [3.05, 3.63) is 23.8 Å². The lowest BCUT2D eigenvalue weighted by atomic mass is 9.71. The summed E-state index contributed by atoms with van der Waals surface area (Å²) in [4.78, 5) is 13.9. The molecular formula is C17H24N2O2. The minimum atomic E-state index is -0.466. The van der Waals surface area contributed by atoms with Crippen LogP contribution in [0.5, 0.6) is 0 Å². The fourth-order valence-electron chi connectivity index (χ4n) is 3.85. The van der Waals surface area contributed by atoms with Crippen molar-refractivity contribution in [1.29, 1.82) is 0 Å². The Bertz CT molecular complexity index is 558. The molecule has 0 bridgehead atoms. The summed E-state index contributed by atoms with van der Waals surface area (Å²) in [5, 5.41) is 10.7. The quantitative estimate of drug-likeness (QED) is 0.648. The van der Waals surface area contributed by atoms with E-state index in [2.05, 4.69) is 4.90 Å². The molecule has 1 aromatic carbocycles. The lowest BCUT2D eigenvalue weighted by molar-refractivity contribution is -0.0612. The van der Waals surface area contributed by atoms with Crippen LogP contribution in [0, 0.1) is 5.92 Å². The van der Waals surface area contributed by atoms with Crippen molar-refractivity contribution in [2.45, 2.75) is 44.6 Å². The van der Waals surface area contributed by atoms with Crippen molar-refractivity contribution in [1.82, 2.24) is 0 Å². The van der Waals surface area contributed by atoms with E-state index in [0.717, 1.165) is 44.5 Å². The van der Waals surface area contributed by atoms with Crippen LogP contribution in [-0.2, 0) is 0 Å². The van der Waals surface area contributed by atoms with Gasteiger partial charge in [-0.1, -0.05) is 12.8 Å². The summed E-state index contributed by atoms with van der Waals surface area (Å²) in [5.41, 5.74) is 7.58. The minimum Gasteiger partial charge on any atom is -0.398 e. The highest BCUT2D eigenvalue weighted by molar-refractivity contribution is 6.00. The summed E-state index contributed by atoms with van der Waals surface area (Å²) < 4.78 is 0. The van der Waals surface area contributed by atoms with Gasteiger partial charge < -0.3 is 15.7 Å². The van der Waals surface area contributed by atoms with Crippen LogP contribution in [0.2, 0.25) is 0 Å². The highest BCUT2D eigenvalue weighted by Crippen LogP contribution is 2.41. The van der Waals surface area contributed by atoms with Gasteiger partial charge in [-0.2, -0.15) is 0 Å². The third-order valence-electron chi connectivity index (χ3n) is 5.21. The molecule has 0 spiro atoms. The van der Waals surface area contributed by atoms with Gasteiger partial charge in [-0.3, -0.25) is 4.79 Å². The first-order chi connectivity index (χ1) is 9.99. The zero-order valence-electron chi connectivity index (χ0n) is 12.6. The van der Waals surface area contributed by atoms with Crippen LogP contribution >= 0.6 is 0 Å². The highest BCUT2D eigenvalue weighted by atomic mass is 16.3. The van der Waals surface area contributed by atoms with Crippen molar-refractivity contribution >= 4 is 17.2 Å². The number of anilines is 2. The minimum absolute atomic E-state index is 0.000492. The van der Waals surface area contributed by atoms with Crippen LogP contribution in [0.3, 0.4) is 0 Å². The van der Waals surface area contributed by atoms with Gasteiger partial charge in [0, 0.05) is 35.9 Å².